The fourth-order valence-corrected chi connectivity index (χ4v) is 4.00. The van der Waals surface area contributed by atoms with Gasteiger partial charge < -0.3 is 24.3 Å². The van der Waals surface area contributed by atoms with Gasteiger partial charge in [0, 0.05) is 38.4 Å². The third-order valence-corrected chi connectivity index (χ3v) is 5.97. The molecule has 36 heavy (non-hydrogen) atoms. The van der Waals surface area contributed by atoms with Crippen molar-refractivity contribution in [1.82, 2.24) is 14.7 Å². The maximum atomic E-state index is 13.7. The summed E-state index contributed by atoms with van der Waals surface area (Å²) in [5.41, 5.74) is 1.31. The molecule has 3 aromatic rings. The van der Waals surface area contributed by atoms with Crippen molar-refractivity contribution in [3.8, 4) is 0 Å². The first-order valence-corrected chi connectivity index (χ1v) is 12.0. The Bertz CT molecular complexity index is 1100. The highest BCUT2D eigenvalue weighted by Gasteiger charge is 2.24. The normalized spacial score (nSPS) is 13.8. The van der Waals surface area contributed by atoms with Crippen LogP contribution in [0.2, 0.25) is 0 Å². The van der Waals surface area contributed by atoms with Crippen molar-refractivity contribution in [2.75, 3.05) is 51.3 Å². The zero-order valence-corrected chi connectivity index (χ0v) is 20.1. The standard InChI is InChI=1S/C27H31FN4O4/c28-23-8-4-9-24(18-23)29-27(34)31(12-11-30-13-16-35-17-14-30)21-26(33)32(20-25-10-5-15-36-25)19-22-6-2-1-3-7-22/h1-10,15,18H,11-14,16-17,19-21H2,(H,29,34). The number of hydrogen-bond acceptors (Lipinski definition) is 5. The van der Waals surface area contributed by atoms with Crippen molar-refractivity contribution in [3.63, 3.8) is 0 Å². The lowest BCUT2D eigenvalue weighted by molar-refractivity contribution is -0.133. The highest BCUT2D eigenvalue weighted by molar-refractivity contribution is 5.92. The summed E-state index contributed by atoms with van der Waals surface area (Å²) in [5.74, 6) is -0.00814. The number of halogens is 1. The molecular formula is C27H31FN4O4. The number of furan rings is 1. The molecule has 1 aromatic heterocycles. The van der Waals surface area contributed by atoms with E-state index in [1.165, 1.54) is 23.1 Å². The second kappa shape index (κ2) is 12.9. The number of nitrogens with one attached hydrogen (secondary N) is 1. The van der Waals surface area contributed by atoms with Gasteiger partial charge in [-0.2, -0.15) is 0 Å². The third-order valence-electron chi connectivity index (χ3n) is 5.97. The molecule has 0 saturated carbocycles. The molecule has 1 fully saturated rings. The van der Waals surface area contributed by atoms with Gasteiger partial charge in [-0.1, -0.05) is 36.4 Å². The molecule has 0 atom stereocenters. The summed E-state index contributed by atoms with van der Waals surface area (Å²) in [6.45, 7) is 4.30. The first-order chi connectivity index (χ1) is 17.6. The fourth-order valence-electron chi connectivity index (χ4n) is 4.00. The third kappa shape index (κ3) is 7.66. The predicted octanol–water partition coefficient (Wildman–Crippen LogP) is 3.81. The zero-order chi connectivity index (χ0) is 25.2. The lowest BCUT2D eigenvalue weighted by Crippen LogP contribution is -2.48. The van der Waals surface area contributed by atoms with E-state index in [0.717, 1.165) is 18.7 Å². The molecule has 0 spiro atoms. The van der Waals surface area contributed by atoms with Crippen molar-refractivity contribution in [3.05, 3.63) is 90.1 Å². The van der Waals surface area contributed by atoms with Crippen molar-refractivity contribution in [2.24, 2.45) is 0 Å². The Morgan fingerprint density at radius 2 is 1.75 bits per heavy atom. The van der Waals surface area contributed by atoms with Gasteiger partial charge >= 0.3 is 6.03 Å². The molecule has 8 nitrogen and oxygen atoms in total. The molecule has 4 rings (SSSR count). The Morgan fingerprint density at radius 3 is 2.47 bits per heavy atom. The van der Waals surface area contributed by atoms with Crippen LogP contribution in [0.3, 0.4) is 0 Å². The number of anilines is 1. The maximum absolute atomic E-state index is 13.7. The monoisotopic (exact) mass is 494 g/mol. The summed E-state index contributed by atoms with van der Waals surface area (Å²) in [6, 6.07) is 18.5. The number of ether oxygens (including phenoxy) is 1. The predicted molar refractivity (Wildman–Crippen MR) is 134 cm³/mol. The molecule has 0 radical (unpaired) electrons. The Hall–Kier alpha value is -3.69. The summed E-state index contributed by atoms with van der Waals surface area (Å²) < 4.78 is 24.5. The van der Waals surface area contributed by atoms with E-state index >= 15 is 0 Å². The second-order valence-corrected chi connectivity index (χ2v) is 8.63. The van der Waals surface area contributed by atoms with Crippen LogP contribution in [0.25, 0.3) is 0 Å². The highest BCUT2D eigenvalue weighted by atomic mass is 19.1. The zero-order valence-electron chi connectivity index (χ0n) is 20.1. The van der Waals surface area contributed by atoms with Crippen LogP contribution in [0, 0.1) is 5.82 Å². The van der Waals surface area contributed by atoms with Gasteiger partial charge in [0.2, 0.25) is 5.91 Å². The first-order valence-electron chi connectivity index (χ1n) is 12.0. The van der Waals surface area contributed by atoms with E-state index in [4.69, 9.17) is 9.15 Å². The minimum absolute atomic E-state index is 0.126. The number of benzene rings is 2. The van der Waals surface area contributed by atoms with Crippen molar-refractivity contribution in [1.29, 1.82) is 0 Å². The Kier molecular flexibility index (Phi) is 9.07. The molecule has 2 heterocycles. The van der Waals surface area contributed by atoms with Gasteiger partial charge in [0.15, 0.2) is 0 Å². The van der Waals surface area contributed by atoms with E-state index in [9.17, 15) is 14.0 Å². The quantitative estimate of drug-likeness (QED) is 0.464. The molecule has 9 heteroatoms. The lowest BCUT2D eigenvalue weighted by Gasteiger charge is -2.31. The summed E-state index contributed by atoms with van der Waals surface area (Å²) in [7, 11) is 0. The topological polar surface area (TPSA) is 78.3 Å². The summed E-state index contributed by atoms with van der Waals surface area (Å²) in [4.78, 5) is 32.0. The van der Waals surface area contributed by atoms with E-state index < -0.39 is 11.8 Å². The number of rotatable bonds is 10. The van der Waals surface area contributed by atoms with Crippen LogP contribution in [0.4, 0.5) is 14.9 Å². The molecule has 0 unspecified atom stereocenters. The Morgan fingerprint density at radius 1 is 0.944 bits per heavy atom. The minimum Gasteiger partial charge on any atom is -0.467 e. The van der Waals surface area contributed by atoms with Gasteiger partial charge in [-0.3, -0.25) is 9.69 Å². The van der Waals surface area contributed by atoms with Gasteiger partial charge in [-0.25, -0.2) is 9.18 Å². The van der Waals surface area contributed by atoms with Crippen LogP contribution < -0.4 is 5.32 Å². The Balaban J connectivity index is 1.48. The molecule has 0 aliphatic carbocycles. The molecule has 1 aliphatic rings. The molecule has 2 aromatic carbocycles. The van der Waals surface area contributed by atoms with Crippen LogP contribution in [-0.2, 0) is 22.6 Å². The second-order valence-electron chi connectivity index (χ2n) is 8.63. The molecule has 1 saturated heterocycles. The molecule has 1 aliphatic heterocycles. The smallest absolute Gasteiger partial charge is 0.322 e. The van der Waals surface area contributed by atoms with E-state index in [-0.39, 0.29) is 19.0 Å². The summed E-state index contributed by atoms with van der Waals surface area (Å²) in [5, 5.41) is 2.72. The first kappa shape index (κ1) is 25.4. The molecule has 1 N–H and O–H groups in total. The van der Waals surface area contributed by atoms with E-state index in [0.29, 0.717) is 44.3 Å². The number of carbonyl (C=O) groups excluding carboxylic acids is 2. The van der Waals surface area contributed by atoms with Crippen LogP contribution in [0.15, 0.2) is 77.4 Å². The molecule has 190 valence electrons. The van der Waals surface area contributed by atoms with E-state index in [1.807, 2.05) is 36.4 Å². The maximum Gasteiger partial charge on any atom is 0.322 e. The number of hydrogen-bond donors (Lipinski definition) is 1. The molecule has 0 bridgehead atoms. The van der Waals surface area contributed by atoms with Crippen LogP contribution in [0.1, 0.15) is 11.3 Å². The highest BCUT2D eigenvalue weighted by Crippen LogP contribution is 2.14. The van der Waals surface area contributed by atoms with Gasteiger partial charge in [-0.15, -0.1) is 0 Å². The van der Waals surface area contributed by atoms with E-state index in [2.05, 4.69) is 10.2 Å². The SMILES string of the molecule is O=C(CN(CCN1CCOCC1)C(=O)Nc1cccc(F)c1)N(Cc1ccccc1)Cc1ccco1. The number of carbonyl (C=O) groups is 2. The van der Waals surface area contributed by atoms with Gasteiger partial charge in [0.05, 0.1) is 26.0 Å². The number of urea groups is 1. The van der Waals surface area contributed by atoms with Crippen LogP contribution in [-0.4, -0.2) is 72.6 Å². The number of amides is 3. The lowest BCUT2D eigenvalue weighted by atomic mass is 10.2. The summed E-state index contributed by atoms with van der Waals surface area (Å²) in [6.07, 6.45) is 1.57. The van der Waals surface area contributed by atoms with Crippen molar-refractivity contribution >= 4 is 17.6 Å². The average molecular weight is 495 g/mol. The van der Waals surface area contributed by atoms with Gasteiger partial charge in [0.25, 0.3) is 0 Å². The van der Waals surface area contributed by atoms with Crippen LogP contribution >= 0.6 is 0 Å². The average Bonchev–Trinajstić information content (AvgIpc) is 3.40. The molecule has 3 amide bonds. The van der Waals surface area contributed by atoms with Crippen molar-refractivity contribution < 1.29 is 23.1 Å². The van der Waals surface area contributed by atoms with Crippen molar-refractivity contribution in [2.45, 2.75) is 13.1 Å². The molecular weight excluding hydrogens is 463 g/mol. The number of nitrogens with zero attached hydrogens (tertiary/aromatic N) is 3. The van der Waals surface area contributed by atoms with Gasteiger partial charge in [-0.05, 0) is 35.9 Å². The Labute approximate surface area is 210 Å². The van der Waals surface area contributed by atoms with E-state index in [1.54, 1.807) is 23.3 Å². The minimum atomic E-state index is -0.458. The van der Waals surface area contributed by atoms with Gasteiger partial charge in [0.1, 0.15) is 18.1 Å². The fraction of sp³-hybridized carbons (Fsp3) is 0.333. The number of morpholine rings is 1. The van der Waals surface area contributed by atoms with Crippen LogP contribution in [0.5, 0.6) is 0 Å². The summed E-state index contributed by atoms with van der Waals surface area (Å²) >= 11 is 0. The largest absolute Gasteiger partial charge is 0.467 e.